The third-order valence-corrected chi connectivity index (χ3v) is 6.13. The summed E-state index contributed by atoms with van der Waals surface area (Å²) in [4.78, 5) is 37.4. The van der Waals surface area contributed by atoms with Crippen molar-refractivity contribution in [3.63, 3.8) is 0 Å². The first-order chi connectivity index (χ1) is 15.1. The van der Waals surface area contributed by atoms with Crippen molar-refractivity contribution in [3.05, 3.63) is 78.4 Å². The number of carbonyl (C=O) groups is 2. The molecule has 1 aromatic carbocycles. The maximum absolute atomic E-state index is 13.4. The Balaban J connectivity index is 1.35. The molecule has 3 aromatic rings. The van der Waals surface area contributed by atoms with Crippen molar-refractivity contribution in [2.45, 2.75) is 30.8 Å². The summed E-state index contributed by atoms with van der Waals surface area (Å²) in [6.45, 7) is 1.07. The van der Waals surface area contributed by atoms with Gasteiger partial charge in [-0.05, 0) is 42.2 Å². The zero-order chi connectivity index (χ0) is 21.4. The molecular weight excluding hydrogens is 399 g/mol. The summed E-state index contributed by atoms with van der Waals surface area (Å²) >= 11 is 0. The average Bonchev–Trinajstić information content (AvgIpc) is 3.34. The van der Waals surface area contributed by atoms with Crippen molar-refractivity contribution >= 4 is 11.9 Å². The summed E-state index contributed by atoms with van der Waals surface area (Å²) in [6, 6.07) is 9.62. The summed E-state index contributed by atoms with van der Waals surface area (Å²) in [5.74, 6) is -0.657. The van der Waals surface area contributed by atoms with Crippen molar-refractivity contribution in [2.24, 2.45) is 0 Å². The molecule has 5 rings (SSSR count). The number of hydrogen-bond donors (Lipinski definition) is 0. The van der Waals surface area contributed by atoms with E-state index in [2.05, 4.69) is 15.1 Å². The van der Waals surface area contributed by atoms with Crippen LogP contribution in [-0.4, -0.2) is 60.6 Å². The molecule has 2 atom stereocenters. The average molecular weight is 420 g/mol. The highest BCUT2D eigenvalue weighted by Gasteiger charge is 2.52. The summed E-state index contributed by atoms with van der Waals surface area (Å²) in [5.41, 5.74) is 1.76. The molecule has 0 unspecified atom stereocenters. The van der Waals surface area contributed by atoms with Crippen LogP contribution in [0, 0.1) is 5.82 Å². The summed E-state index contributed by atoms with van der Waals surface area (Å²) in [6.07, 6.45) is 7.56. The first-order valence-electron chi connectivity index (χ1n) is 10.2. The maximum Gasteiger partial charge on any atom is 0.346 e. The standard InChI is InChI=1S/C22H21FN6O2/c23-17-5-3-15(4-6-17)19-20(16-2-1-9-24-12-16)29(21(19)30)18-7-10-27(11-8-18)22(31)28-14-25-13-26-28/h1-6,9,12-14,18-20H,7-8,10-11H2/t19-,20-/m1/s1. The van der Waals surface area contributed by atoms with Crippen LogP contribution in [0.2, 0.25) is 0 Å². The number of amides is 2. The number of aromatic nitrogens is 4. The van der Waals surface area contributed by atoms with E-state index in [0.717, 1.165) is 11.1 Å². The minimum absolute atomic E-state index is 0.0224. The van der Waals surface area contributed by atoms with E-state index in [0.29, 0.717) is 25.9 Å². The Bertz CT molecular complexity index is 1070. The van der Waals surface area contributed by atoms with Gasteiger partial charge in [0, 0.05) is 31.5 Å². The Morgan fingerprint density at radius 1 is 1.03 bits per heavy atom. The lowest BCUT2D eigenvalue weighted by molar-refractivity contribution is -0.156. The first-order valence-corrected chi connectivity index (χ1v) is 10.2. The van der Waals surface area contributed by atoms with E-state index in [1.54, 1.807) is 29.4 Å². The quantitative estimate of drug-likeness (QED) is 0.608. The van der Waals surface area contributed by atoms with E-state index in [1.807, 2.05) is 17.0 Å². The van der Waals surface area contributed by atoms with Crippen molar-refractivity contribution < 1.29 is 14.0 Å². The van der Waals surface area contributed by atoms with Gasteiger partial charge in [-0.2, -0.15) is 9.78 Å². The topological polar surface area (TPSA) is 84.2 Å². The second-order valence-electron chi connectivity index (χ2n) is 7.85. The number of piperidine rings is 1. The molecule has 31 heavy (non-hydrogen) atoms. The lowest BCUT2D eigenvalue weighted by Gasteiger charge is -2.53. The molecule has 0 aliphatic carbocycles. The second kappa shape index (κ2) is 7.90. The molecule has 2 aliphatic heterocycles. The number of β-lactam (4-membered cyclic amide) rings is 1. The number of benzene rings is 1. The van der Waals surface area contributed by atoms with Crippen LogP contribution in [0.5, 0.6) is 0 Å². The van der Waals surface area contributed by atoms with Gasteiger partial charge in [-0.1, -0.05) is 18.2 Å². The van der Waals surface area contributed by atoms with Crippen molar-refractivity contribution in [1.82, 2.24) is 29.5 Å². The Hall–Kier alpha value is -3.62. The summed E-state index contributed by atoms with van der Waals surface area (Å²) in [5, 5.41) is 3.90. The molecule has 8 nitrogen and oxygen atoms in total. The number of carbonyl (C=O) groups excluding carboxylic acids is 2. The normalized spacial score (nSPS) is 21.8. The molecule has 158 valence electrons. The maximum atomic E-state index is 13.4. The minimum Gasteiger partial charge on any atom is -0.331 e. The van der Waals surface area contributed by atoms with Crippen molar-refractivity contribution in [2.75, 3.05) is 13.1 Å². The second-order valence-corrected chi connectivity index (χ2v) is 7.85. The number of pyridine rings is 1. The van der Waals surface area contributed by atoms with Crippen LogP contribution < -0.4 is 0 Å². The largest absolute Gasteiger partial charge is 0.346 e. The Labute approximate surface area is 178 Å². The fourth-order valence-electron chi connectivity index (χ4n) is 4.60. The number of halogens is 1. The van der Waals surface area contributed by atoms with Gasteiger partial charge in [-0.25, -0.2) is 14.2 Å². The van der Waals surface area contributed by atoms with Gasteiger partial charge in [0.05, 0.1) is 12.0 Å². The third kappa shape index (κ3) is 3.45. The van der Waals surface area contributed by atoms with E-state index >= 15 is 0 Å². The van der Waals surface area contributed by atoms with Crippen molar-refractivity contribution in [3.8, 4) is 0 Å². The molecule has 0 saturated carbocycles. The van der Waals surface area contributed by atoms with Gasteiger partial charge in [-0.15, -0.1) is 0 Å². The SMILES string of the molecule is O=C1[C@H](c2ccc(F)cc2)[C@@H](c2cccnc2)N1C1CCN(C(=O)n2cncn2)CC1. The van der Waals surface area contributed by atoms with Crippen LogP contribution in [-0.2, 0) is 4.79 Å². The molecule has 9 heteroatoms. The van der Waals surface area contributed by atoms with Gasteiger partial charge in [0.1, 0.15) is 18.5 Å². The highest BCUT2D eigenvalue weighted by Crippen LogP contribution is 2.48. The fourth-order valence-corrected chi connectivity index (χ4v) is 4.60. The monoisotopic (exact) mass is 420 g/mol. The number of rotatable bonds is 3. The zero-order valence-corrected chi connectivity index (χ0v) is 16.7. The van der Waals surface area contributed by atoms with E-state index in [-0.39, 0.29) is 35.8 Å². The van der Waals surface area contributed by atoms with E-state index in [4.69, 9.17) is 0 Å². The van der Waals surface area contributed by atoms with E-state index < -0.39 is 0 Å². The number of hydrogen-bond acceptors (Lipinski definition) is 5. The van der Waals surface area contributed by atoms with Crippen LogP contribution in [0.25, 0.3) is 0 Å². The molecule has 0 bridgehead atoms. The lowest BCUT2D eigenvalue weighted by Crippen LogP contribution is -2.60. The Kier molecular flexibility index (Phi) is 4.93. The van der Waals surface area contributed by atoms with Gasteiger partial charge in [0.25, 0.3) is 0 Å². The van der Waals surface area contributed by atoms with Gasteiger partial charge in [-0.3, -0.25) is 9.78 Å². The predicted molar refractivity (Wildman–Crippen MR) is 108 cm³/mol. The smallest absolute Gasteiger partial charge is 0.331 e. The summed E-state index contributed by atoms with van der Waals surface area (Å²) < 4.78 is 14.6. The molecular formula is C22H21FN6O2. The predicted octanol–water partition coefficient (Wildman–Crippen LogP) is 2.61. The molecule has 2 saturated heterocycles. The van der Waals surface area contributed by atoms with Crippen LogP contribution in [0.4, 0.5) is 9.18 Å². The molecule has 2 amide bonds. The van der Waals surface area contributed by atoms with Gasteiger partial charge in [0.15, 0.2) is 0 Å². The molecule has 2 aromatic heterocycles. The number of nitrogens with zero attached hydrogens (tertiary/aromatic N) is 6. The molecule has 4 heterocycles. The van der Waals surface area contributed by atoms with Gasteiger partial charge >= 0.3 is 6.03 Å². The molecule has 0 spiro atoms. The van der Waals surface area contributed by atoms with Crippen LogP contribution in [0.3, 0.4) is 0 Å². The third-order valence-electron chi connectivity index (χ3n) is 6.13. The van der Waals surface area contributed by atoms with E-state index in [9.17, 15) is 14.0 Å². The molecule has 2 fully saturated rings. The Morgan fingerprint density at radius 3 is 2.45 bits per heavy atom. The highest BCUT2D eigenvalue weighted by atomic mass is 19.1. The molecule has 0 N–H and O–H groups in total. The lowest BCUT2D eigenvalue weighted by atomic mass is 9.76. The van der Waals surface area contributed by atoms with E-state index in [1.165, 1.54) is 29.5 Å². The first kappa shape index (κ1) is 19.3. The minimum atomic E-state index is -0.361. The number of likely N-dealkylation sites (tertiary alicyclic amines) is 2. The van der Waals surface area contributed by atoms with Crippen LogP contribution >= 0.6 is 0 Å². The van der Waals surface area contributed by atoms with Gasteiger partial charge < -0.3 is 9.80 Å². The fraction of sp³-hybridized carbons (Fsp3) is 0.318. The highest BCUT2D eigenvalue weighted by molar-refractivity contribution is 5.92. The molecule has 2 aliphatic rings. The van der Waals surface area contributed by atoms with Crippen molar-refractivity contribution in [1.29, 1.82) is 0 Å². The van der Waals surface area contributed by atoms with Crippen LogP contribution in [0.15, 0.2) is 61.4 Å². The zero-order valence-electron chi connectivity index (χ0n) is 16.7. The summed E-state index contributed by atoms with van der Waals surface area (Å²) in [7, 11) is 0. The van der Waals surface area contributed by atoms with Gasteiger partial charge in [0.2, 0.25) is 5.91 Å². The Morgan fingerprint density at radius 2 is 1.81 bits per heavy atom. The molecule has 0 radical (unpaired) electrons. The van der Waals surface area contributed by atoms with Crippen LogP contribution in [0.1, 0.15) is 35.9 Å².